The Morgan fingerprint density at radius 1 is 1.39 bits per heavy atom. The van der Waals surface area contributed by atoms with Crippen molar-refractivity contribution in [3.8, 4) is 0 Å². The maximum Gasteiger partial charge on any atom is 0.256 e. The van der Waals surface area contributed by atoms with Crippen LogP contribution in [-0.4, -0.2) is 36.0 Å². The average Bonchev–Trinajstić information content (AvgIpc) is 2.27. The third kappa shape index (κ3) is 2.67. The summed E-state index contributed by atoms with van der Waals surface area (Å²) in [5.41, 5.74) is -0.265. The lowest BCUT2D eigenvalue weighted by Gasteiger charge is -2.39. The molecule has 0 radical (unpaired) electrons. The highest BCUT2D eigenvalue weighted by Gasteiger charge is 2.30. The van der Waals surface area contributed by atoms with Crippen molar-refractivity contribution in [2.75, 3.05) is 19.6 Å². The number of amides is 1. The van der Waals surface area contributed by atoms with Crippen LogP contribution in [-0.2, 0) is 0 Å². The van der Waals surface area contributed by atoms with Gasteiger partial charge in [-0.3, -0.25) is 4.79 Å². The second-order valence-electron chi connectivity index (χ2n) is 5.16. The first-order valence-corrected chi connectivity index (χ1v) is 5.88. The minimum absolute atomic E-state index is 0.0749. The number of nitrogens with zero attached hydrogens (tertiary/aromatic N) is 1. The lowest BCUT2D eigenvalue weighted by Crippen LogP contribution is -2.58. The van der Waals surface area contributed by atoms with Gasteiger partial charge in [-0.05, 0) is 26.0 Å². The van der Waals surface area contributed by atoms with Gasteiger partial charge in [0.2, 0.25) is 0 Å². The van der Waals surface area contributed by atoms with Gasteiger partial charge in [0.15, 0.2) is 0 Å². The molecule has 18 heavy (non-hydrogen) atoms. The van der Waals surface area contributed by atoms with E-state index in [1.165, 1.54) is 6.07 Å². The molecule has 0 spiro atoms. The van der Waals surface area contributed by atoms with Gasteiger partial charge in [0.1, 0.15) is 11.6 Å². The molecule has 5 heteroatoms. The van der Waals surface area contributed by atoms with Crippen LogP contribution in [0, 0.1) is 11.6 Å². The Morgan fingerprint density at radius 2 is 2.11 bits per heavy atom. The van der Waals surface area contributed by atoms with E-state index in [1.807, 2.05) is 13.8 Å². The van der Waals surface area contributed by atoms with Crippen molar-refractivity contribution in [3.63, 3.8) is 0 Å². The average molecular weight is 254 g/mol. The van der Waals surface area contributed by atoms with Gasteiger partial charge >= 0.3 is 0 Å². The SMILES string of the molecule is CC1(C)CN(C(=O)c2ccc(F)cc2F)CCN1. The molecule has 1 heterocycles. The molecular formula is C13H16F2N2O. The first-order chi connectivity index (χ1) is 8.39. The Kier molecular flexibility index (Phi) is 3.34. The molecule has 1 aromatic carbocycles. The predicted octanol–water partition coefficient (Wildman–Crippen LogP) is 1.79. The van der Waals surface area contributed by atoms with E-state index < -0.39 is 11.6 Å². The molecule has 0 atom stereocenters. The Balaban J connectivity index is 2.20. The van der Waals surface area contributed by atoms with Crippen molar-refractivity contribution in [1.82, 2.24) is 10.2 Å². The first-order valence-electron chi connectivity index (χ1n) is 5.88. The largest absolute Gasteiger partial charge is 0.335 e. The number of benzene rings is 1. The maximum atomic E-state index is 13.5. The van der Waals surface area contributed by atoms with Crippen molar-refractivity contribution in [2.24, 2.45) is 0 Å². The van der Waals surface area contributed by atoms with Gasteiger partial charge in [-0.15, -0.1) is 0 Å². The van der Waals surface area contributed by atoms with Gasteiger partial charge in [-0.2, -0.15) is 0 Å². The molecule has 0 bridgehead atoms. The molecule has 1 aliphatic rings. The molecule has 1 fully saturated rings. The van der Waals surface area contributed by atoms with E-state index in [9.17, 15) is 13.6 Å². The lowest BCUT2D eigenvalue weighted by molar-refractivity contribution is 0.0647. The van der Waals surface area contributed by atoms with Crippen molar-refractivity contribution in [3.05, 3.63) is 35.4 Å². The van der Waals surface area contributed by atoms with Gasteiger partial charge in [-0.25, -0.2) is 8.78 Å². The van der Waals surface area contributed by atoms with E-state index in [1.54, 1.807) is 4.90 Å². The summed E-state index contributed by atoms with van der Waals surface area (Å²) in [6.45, 7) is 5.66. The Bertz CT molecular complexity index is 474. The molecule has 1 saturated heterocycles. The second kappa shape index (κ2) is 4.65. The summed E-state index contributed by atoms with van der Waals surface area (Å²) < 4.78 is 26.3. The highest BCUT2D eigenvalue weighted by atomic mass is 19.1. The summed E-state index contributed by atoms with van der Waals surface area (Å²) in [4.78, 5) is 13.7. The molecule has 2 rings (SSSR count). The Morgan fingerprint density at radius 3 is 2.72 bits per heavy atom. The number of nitrogens with one attached hydrogen (secondary N) is 1. The molecule has 0 aromatic heterocycles. The quantitative estimate of drug-likeness (QED) is 0.828. The molecule has 1 aliphatic heterocycles. The van der Waals surface area contributed by atoms with E-state index >= 15 is 0 Å². The summed E-state index contributed by atoms with van der Waals surface area (Å²) in [5.74, 6) is -1.87. The van der Waals surface area contributed by atoms with Crippen LogP contribution in [0.4, 0.5) is 8.78 Å². The number of piperazine rings is 1. The summed E-state index contributed by atoms with van der Waals surface area (Å²) in [7, 11) is 0. The van der Waals surface area contributed by atoms with Crippen LogP contribution >= 0.6 is 0 Å². The summed E-state index contributed by atoms with van der Waals surface area (Å²) in [5, 5.41) is 3.27. The fourth-order valence-electron chi connectivity index (χ4n) is 2.15. The van der Waals surface area contributed by atoms with Gasteiger partial charge < -0.3 is 10.2 Å². The van der Waals surface area contributed by atoms with Gasteiger partial charge in [0.25, 0.3) is 5.91 Å². The maximum absolute atomic E-state index is 13.5. The van der Waals surface area contributed by atoms with Crippen LogP contribution in [0.2, 0.25) is 0 Å². The van der Waals surface area contributed by atoms with Crippen LogP contribution in [0.5, 0.6) is 0 Å². The van der Waals surface area contributed by atoms with Crippen LogP contribution in [0.15, 0.2) is 18.2 Å². The van der Waals surface area contributed by atoms with Crippen molar-refractivity contribution >= 4 is 5.91 Å². The number of carbonyl (C=O) groups excluding carboxylic acids is 1. The first kappa shape index (κ1) is 13.0. The van der Waals surface area contributed by atoms with Crippen LogP contribution in [0.1, 0.15) is 24.2 Å². The summed E-state index contributed by atoms with van der Waals surface area (Å²) >= 11 is 0. The molecule has 3 nitrogen and oxygen atoms in total. The summed E-state index contributed by atoms with van der Waals surface area (Å²) in [6, 6.07) is 3.03. The molecular weight excluding hydrogens is 238 g/mol. The molecule has 0 saturated carbocycles. The number of halogens is 2. The molecule has 98 valence electrons. The molecule has 0 aliphatic carbocycles. The van der Waals surface area contributed by atoms with E-state index in [0.717, 1.165) is 12.1 Å². The number of rotatable bonds is 1. The zero-order valence-corrected chi connectivity index (χ0v) is 10.5. The van der Waals surface area contributed by atoms with Crippen molar-refractivity contribution < 1.29 is 13.6 Å². The van der Waals surface area contributed by atoms with Crippen molar-refractivity contribution in [2.45, 2.75) is 19.4 Å². The smallest absolute Gasteiger partial charge is 0.256 e. The minimum atomic E-state index is -0.809. The van der Waals surface area contributed by atoms with Crippen LogP contribution in [0.3, 0.4) is 0 Å². The van der Waals surface area contributed by atoms with Gasteiger partial charge in [-0.1, -0.05) is 0 Å². The number of hydrogen-bond acceptors (Lipinski definition) is 2. The lowest BCUT2D eigenvalue weighted by atomic mass is 10.0. The van der Waals surface area contributed by atoms with E-state index in [0.29, 0.717) is 19.6 Å². The van der Waals surface area contributed by atoms with Crippen LogP contribution in [0.25, 0.3) is 0 Å². The minimum Gasteiger partial charge on any atom is -0.335 e. The fourth-order valence-corrected chi connectivity index (χ4v) is 2.15. The van der Waals surface area contributed by atoms with Crippen molar-refractivity contribution in [1.29, 1.82) is 0 Å². The summed E-state index contributed by atoms with van der Waals surface area (Å²) in [6.07, 6.45) is 0. The normalized spacial score (nSPS) is 18.8. The highest BCUT2D eigenvalue weighted by molar-refractivity contribution is 5.94. The molecule has 1 amide bonds. The Hall–Kier alpha value is -1.49. The van der Waals surface area contributed by atoms with Gasteiger partial charge in [0, 0.05) is 31.2 Å². The van der Waals surface area contributed by atoms with E-state index in [-0.39, 0.29) is 17.0 Å². The second-order valence-corrected chi connectivity index (χ2v) is 5.16. The molecule has 0 unspecified atom stereocenters. The fraction of sp³-hybridized carbons (Fsp3) is 0.462. The number of hydrogen-bond donors (Lipinski definition) is 1. The molecule has 1 N–H and O–H groups in total. The van der Waals surface area contributed by atoms with E-state index in [2.05, 4.69) is 5.32 Å². The topological polar surface area (TPSA) is 32.3 Å². The standard InChI is InChI=1S/C13H16F2N2O/c1-13(2)8-17(6-5-16-13)12(18)10-4-3-9(14)7-11(10)15/h3-4,7,16H,5-6,8H2,1-2H3. The third-order valence-corrected chi connectivity index (χ3v) is 3.02. The Labute approximate surface area is 105 Å². The zero-order chi connectivity index (χ0) is 13.3. The van der Waals surface area contributed by atoms with Crippen LogP contribution < -0.4 is 5.32 Å². The van der Waals surface area contributed by atoms with E-state index in [4.69, 9.17) is 0 Å². The predicted molar refractivity (Wildman–Crippen MR) is 64.3 cm³/mol. The monoisotopic (exact) mass is 254 g/mol. The van der Waals surface area contributed by atoms with Gasteiger partial charge in [0.05, 0.1) is 5.56 Å². The zero-order valence-electron chi connectivity index (χ0n) is 10.5. The molecule has 1 aromatic rings. The third-order valence-electron chi connectivity index (χ3n) is 3.02. The number of carbonyl (C=O) groups is 1. The highest BCUT2D eigenvalue weighted by Crippen LogP contribution is 2.16.